The maximum Gasteiger partial charge on any atom is 0.344 e. The monoisotopic (exact) mass is 155 g/mol. The van der Waals surface area contributed by atoms with Crippen molar-refractivity contribution in [3.63, 3.8) is 0 Å². The molecule has 1 aromatic heterocycles. The van der Waals surface area contributed by atoms with E-state index in [1.807, 2.05) is 0 Å². The average molecular weight is 155 g/mol. The highest BCUT2D eigenvalue weighted by Crippen LogP contribution is 2.04. The van der Waals surface area contributed by atoms with E-state index in [1.165, 1.54) is 17.3 Å². The van der Waals surface area contributed by atoms with Crippen LogP contribution in [0.2, 0.25) is 0 Å². The Kier molecular flexibility index (Phi) is 1.80. The van der Waals surface area contributed by atoms with E-state index in [1.54, 1.807) is 14.1 Å². The topological polar surface area (TPSA) is 58.4 Å². The number of hydrogen-bond donors (Lipinski definition) is 1. The van der Waals surface area contributed by atoms with Gasteiger partial charge in [-0.3, -0.25) is 0 Å². The summed E-state index contributed by atoms with van der Waals surface area (Å²) in [6.07, 6.45) is 2.46. The van der Waals surface area contributed by atoms with E-state index in [0.717, 1.165) is 4.68 Å². The molecule has 0 radical (unpaired) electrons. The molecule has 0 aliphatic carbocycles. The number of aromatic nitrogens is 2. The summed E-state index contributed by atoms with van der Waals surface area (Å²) in [5, 5.41) is 12.4. The molecule has 0 aromatic carbocycles. The van der Waals surface area contributed by atoms with Crippen LogP contribution in [0.4, 0.5) is 4.79 Å². The second kappa shape index (κ2) is 2.61. The summed E-state index contributed by atoms with van der Waals surface area (Å²) in [5.74, 6) is -0.0137. The molecule has 1 N–H and O–H groups in total. The Morgan fingerprint density at radius 3 is 2.73 bits per heavy atom. The van der Waals surface area contributed by atoms with Gasteiger partial charge in [0, 0.05) is 14.1 Å². The lowest BCUT2D eigenvalue weighted by Gasteiger charge is -2.07. The predicted octanol–water partition coefficient (Wildman–Crippen LogP) is 0.118. The van der Waals surface area contributed by atoms with Crippen molar-refractivity contribution < 1.29 is 9.90 Å². The number of hydrogen-bond acceptors (Lipinski definition) is 3. The summed E-state index contributed by atoms with van der Waals surface area (Å²) in [4.78, 5) is 12.4. The van der Waals surface area contributed by atoms with Crippen LogP contribution in [0.3, 0.4) is 0 Å². The normalized spacial score (nSPS) is 9.64. The van der Waals surface area contributed by atoms with Crippen LogP contribution in [0.1, 0.15) is 0 Å². The van der Waals surface area contributed by atoms with Crippen molar-refractivity contribution in [1.82, 2.24) is 14.7 Å². The van der Waals surface area contributed by atoms with Gasteiger partial charge in [0.05, 0.1) is 12.4 Å². The fraction of sp³-hybridized carbons (Fsp3) is 0.333. The molecule has 0 aliphatic heterocycles. The summed E-state index contributed by atoms with van der Waals surface area (Å²) >= 11 is 0. The first kappa shape index (κ1) is 7.59. The molecule has 5 heteroatoms. The molecule has 0 bridgehead atoms. The third-order valence-corrected chi connectivity index (χ3v) is 1.15. The minimum absolute atomic E-state index is 0.0137. The molecule has 11 heavy (non-hydrogen) atoms. The molecule has 0 atom stereocenters. The standard InChI is InChI=1S/C6H9N3O2/c1-8(2)6(11)9-4-5(10)3-7-9/h3-4,10H,1-2H3. The molecule has 0 saturated heterocycles. The number of rotatable bonds is 0. The zero-order valence-electron chi connectivity index (χ0n) is 6.35. The fourth-order valence-electron chi connectivity index (χ4n) is 0.623. The number of carbonyl (C=O) groups is 1. The first-order valence-electron chi connectivity index (χ1n) is 3.06. The highest BCUT2D eigenvalue weighted by Gasteiger charge is 2.07. The summed E-state index contributed by atoms with van der Waals surface area (Å²) in [7, 11) is 3.22. The van der Waals surface area contributed by atoms with Crippen molar-refractivity contribution in [2.75, 3.05) is 14.1 Å². The molecule has 1 heterocycles. The van der Waals surface area contributed by atoms with E-state index >= 15 is 0 Å². The molecule has 0 spiro atoms. The van der Waals surface area contributed by atoms with Crippen molar-refractivity contribution in [3.05, 3.63) is 12.4 Å². The van der Waals surface area contributed by atoms with Crippen molar-refractivity contribution >= 4 is 6.03 Å². The Morgan fingerprint density at radius 2 is 2.36 bits per heavy atom. The van der Waals surface area contributed by atoms with E-state index in [4.69, 9.17) is 5.11 Å². The highest BCUT2D eigenvalue weighted by atomic mass is 16.3. The lowest BCUT2D eigenvalue weighted by atomic mass is 10.7. The third kappa shape index (κ3) is 1.49. The quantitative estimate of drug-likeness (QED) is 0.578. The van der Waals surface area contributed by atoms with E-state index < -0.39 is 0 Å². The van der Waals surface area contributed by atoms with E-state index in [9.17, 15) is 4.79 Å². The molecule has 0 saturated carbocycles. The SMILES string of the molecule is CN(C)C(=O)n1cc(O)cn1. The number of nitrogens with zero attached hydrogens (tertiary/aromatic N) is 3. The molecule has 5 nitrogen and oxygen atoms in total. The van der Waals surface area contributed by atoms with Crippen LogP contribution in [0, 0.1) is 0 Å². The first-order valence-corrected chi connectivity index (χ1v) is 3.06. The predicted molar refractivity (Wildman–Crippen MR) is 38.4 cm³/mol. The Morgan fingerprint density at radius 1 is 1.73 bits per heavy atom. The largest absolute Gasteiger partial charge is 0.505 e. The summed E-state index contributed by atoms with van der Waals surface area (Å²) < 4.78 is 1.06. The summed E-state index contributed by atoms with van der Waals surface area (Å²) in [5.41, 5.74) is 0. The fourth-order valence-corrected chi connectivity index (χ4v) is 0.623. The number of aromatic hydroxyl groups is 1. The minimum Gasteiger partial charge on any atom is -0.505 e. The molecular formula is C6H9N3O2. The van der Waals surface area contributed by atoms with Crippen molar-refractivity contribution in [3.8, 4) is 5.75 Å². The number of carbonyl (C=O) groups excluding carboxylic acids is 1. The van der Waals surface area contributed by atoms with Crippen molar-refractivity contribution in [2.24, 2.45) is 0 Å². The van der Waals surface area contributed by atoms with Crippen molar-refractivity contribution in [1.29, 1.82) is 0 Å². The van der Waals surface area contributed by atoms with Gasteiger partial charge in [-0.05, 0) is 0 Å². The zero-order chi connectivity index (χ0) is 8.43. The smallest absolute Gasteiger partial charge is 0.344 e. The summed E-state index contributed by atoms with van der Waals surface area (Å²) in [6.45, 7) is 0. The Hall–Kier alpha value is -1.52. The van der Waals surface area contributed by atoms with E-state index in [-0.39, 0.29) is 11.8 Å². The molecule has 1 aromatic rings. The van der Waals surface area contributed by atoms with E-state index in [2.05, 4.69) is 5.10 Å². The van der Waals surface area contributed by atoms with Crippen LogP contribution in [0.5, 0.6) is 5.75 Å². The lowest BCUT2D eigenvalue weighted by Crippen LogP contribution is -2.27. The maximum atomic E-state index is 11.1. The van der Waals surface area contributed by atoms with Crippen molar-refractivity contribution in [2.45, 2.75) is 0 Å². The van der Waals surface area contributed by atoms with Crippen LogP contribution in [-0.4, -0.2) is 39.9 Å². The van der Waals surface area contributed by atoms with Crippen LogP contribution in [0.15, 0.2) is 12.4 Å². The van der Waals surface area contributed by atoms with Gasteiger partial charge in [-0.1, -0.05) is 0 Å². The van der Waals surface area contributed by atoms with Gasteiger partial charge in [0.2, 0.25) is 0 Å². The molecule has 0 aliphatic rings. The molecule has 1 rings (SSSR count). The Balaban J connectivity index is 2.85. The molecular weight excluding hydrogens is 146 g/mol. The van der Waals surface area contributed by atoms with Gasteiger partial charge in [0.15, 0.2) is 5.75 Å². The van der Waals surface area contributed by atoms with Crippen LogP contribution in [0.25, 0.3) is 0 Å². The van der Waals surface area contributed by atoms with Gasteiger partial charge in [0.1, 0.15) is 0 Å². The van der Waals surface area contributed by atoms with Gasteiger partial charge < -0.3 is 10.0 Å². The zero-order valence-corrected chi connectivity index (χ0v) is 6.35. The maximum absolute atomic E-state index is 11.1. The minimum atomic E-state index is -0.287. The molecule has 1 amide bonds. The Bertz CT molecular complexity index is 267. The average Bonchev–Trinajstić information content (AvgIpc) is 2.34. The molecule has 60 valence electrons. The lowest BCUT2D eigenvalue weighted by molar-refractivity contribution is 0.216. The second-order valence-corrected chi connectivity index (χ2v) is 2.32. The van der Waals surface area contributed by atoms with Crippen LogP contribution >= 0.6 is 0 Å². The highest BCUT2D eigenvalue weighted by molar-refractivity contribution is 5.75. The third-order valence-electron chi connectivity index (χ3n) is 1.15. The summed E-state index contributed by atoms with van der Waals surface area (Å²) in [6, 6.07) is -0.287. The van der Waals surface area contributed by atoms with Crippen LogP contribution in [-0.2, 0) is 0 Å². The Labute approximate surface area is 63.8 Å². The van der Waals surface area contributed by atoms with Gasteiger partial charge in [-0.2, -0.15) is 9.78 Å². The van der Waals surface area contributed by atoms with Crippen LogP contribution < -0.4 is 0 Å². The molecule has 0 unspecified atom stereocenters. The second-order valence-electron chi connectivity index (χ2n) is 2.32. The molecule has 0 fully saturated rings. The number of amides is 1. The van der Waals surface area contributed by atoms with E-state index in [0.29, 0.717) is 0 Å². The van der Waals surface area contributed by atoms with Gasteiger partial charge >= 0.3 is 6.03 Å². The van der Waals surface area contributed by atoms with Gasteiger partial charge in [0.25, 0.3) is 0 Å². The van der Waals surface area contributed by atoms with Gasteiger partial charge in [-0.25, -0.2) is 4.79 Å². The first-order chi connectivity index (χ1) is 5.11. The van der Waals surface area contributed by atoms with Gasteiger partial charge in [-0.15, -0.1) is 0 Å².